The zero-order chi connectivity index (χ0) is 19.8. The second-order valence-corrected chi connectivity index (χ2v) is 9.13. The zero-order valence-electron chi connectivity index (χ0n) is 17.6. The number of nitrogens with zero attached hydrogens (tertiary/aromatic N) is 1. The number of hydrogen-bond acceptors (Lipinski definition) is 2. The van der Waals surface area contributed by atoms with Gasteiger partial charge in [-0.2, -0.15) is 0 Å². The molecule has 0 fully saturated rings. The van der Waals surface area contributed by atoms with E-state index in [2.05, 4.69) is 83.0 Å². The van der Waals surface area contributed by atoms with Gasteiger partial charge in [0.2, 0.25) is 5.91 Å². The molecule has 0 atom stereocenters. The van der Waals surface area contributed by atoms with Crippen molar-refractivity contribution >= 4 is 30.6 Å². The molecule has 0 aromatic heterocycles. The fourth-order valence-corrected chi connectivity index (χ4v) is 3.90. The number of anilines is 2. The third kappa shape index (κ3) is 4.55. The summed E-state index contributed by atoms with van der Waals surface area (Å²) in [6.45, 7) is 12.5. The molecule has 0 saturated carbocycles. The van der Waals surface area contributed by atoms with E-state index in [1.54, 1.807) is 0 Å². The highest BCUT2D eigenvalue weighted by Crippen LogP contribution is 2.38. The summed E-state index contributed by atoms with van der Waals surface area (Å²) in [6.07, 6.45) is 1.57. The molecular weight excluding hydrogens is 331 g/mol. The molecule has 4 heteroatoms. The van der Waals surface area contributed by atoms with Crippen molar-refractivity contribution in [1.29, 1.82) is 0 Å². The molecule has 27 heavy (non-hydrogen) atoms. The van der Waals surface area contributed by atoms with Crippen molar-refractivity contribution < 1.29 is 4.79 Å². The number of fused-ring (bicyclic) bond motifs is 1. The van der Waals surface area contributed by atoms with E-state index in [0.29, 0.717) is 6.42 Å². The van der Waals surface area contributed by atoms with E-state index in [-0.39, 0.29) is 11.3 Å². The molecule has 1 aliphatic heterocycles. The highest BCUT2D eigenvalue weighted by atomic mass is 16.1. The summed E-state index contributed by atoms with van der Waals surface area (Å²) in [5.41, 5.74) is 8.68. The Morgan fingerprint density at radius 1 is 1.19 bits per heavy atom. The van der Waals surface area contributed by atoms with Gasteiger partial charge in [0, 0.05) is 30.9 Å². The highest BCUT2D eigenvalue weighted by molar-refractivity contribution is 6.32. The number of hydrogen-bond donors (Lipinski definition) is 1. The van der Waals surface area contributed by atoms with Crippen molar-refractivity contribution in [2.75, 3.05) is 16.8 Å². The molecule has 0 aliphatic carbocycles. The van der Waals surface area contributed by atoms with E-state index in [1.807, 2.05) is 0 Å². The minimum absolute atomic E-state index is 0.00649. The molecule has 1 aliphatic rings. The van der Waals surface area contributed by atoms with Crippen LogP contribution in [-0.4, -0.2) is 20.3 Å². The molecule has 3 rings (SSSR count). The molecule has 0 unspecified atom stereocenters. The Balaban J connectivity index is 1.82. The third-order valence-electron chi connectivity index (χ3n) is 5.31. The monoisotopic (exact) mass is 362 g/mol. The maximum absolute atomic E-state index is 12.4. The Hall–Kier alpha value is -2.23. The maximum atomic E-state index is 12.4. The number of aryl methyl sites for hydroxylation is 1. The summed E-state index contributed by atoms with van der Waals surface area (Å²) in [5.74, 6) is 0.100. The molecule has 1 amide bonds. The fourth-order valence-electron chi connectivity index (χ4n) is 3.90. The van der Waals surface area contributed by atoms with Crippen LogP contribution >= 0.6 is 0 Å². The molecule has 0 spiro atoms. The van der Waals surface area contributed by atoms with Crippen LogP contribution in [-0.2, 0) is 17.8 Å². The largest absolute Gasteiger partial charge is 0.367 e. The molecule has 3 nitrogen and oxygen atoms in total. The molecule has 0 saturated heterocycles. The summed E-state index contributed by atoms with van der Waals surface area (Å²) in [5, 5.41) is 3.18. The first-order chi connectivity index (χ1) is 12.6. The van der Waals surface area contributed by atoms with Crippen molar-refractivity contribution in [2.24, 2.45) is 5.41 Å². The minimum Gasteiger partial charge on any atom is -0.367 e. The van der Waals surface area contributed by atoms with Gasteiger partial charge in [0.1, 0.15) is 7.85 Å². The quantitative estimate of drug-likeness (QED) is 0.845. The van der Waals surface area contributed by atoms with Crippen molar-refractivity contribution in [1.82, 2.24) is 0 Å². The number of carbonyl (C=O) groups excluding carboxylic acids is 1. The first-order valence-electron chi connectivity index (χ1n) is 9.87. The minimum atomic E-state index is -0.00649. The molecular formula is C23H31BN2O. The highest BCUT2D eigenvalue weighted by Gasteiger charge is 2.25. The van der Waals surface area contributed by atoms with Crippen LogP contribution in [0.1, 0.15) is 49.4 Å². The van der Waals surface area contributed by atoms with Crippen LogP contribution in [0, 0.1) is 19.3 Å². The Labute approximate surface area is 164 Å². The number of benzene rings is 2. The second-order valence-electron chi connectivity index (χ2n) is 9.13. The second kappa shape index (κ2) is 7.42. The lowest BCUT2D eigenvalue weighted by Gasteiger charge is -2.23. The summed E-state index contributed by atoms with van der Waals surface area (Å²) in [7, 11) is 2.12. The van der Waals surface area contributed by atoms with Gasteiger partial charge in [-0.1, -0.05) is 50.5 Å². The SMILES string of the molecule is Bc1ccc(CN2CCc3c2cc(C)c(NC(=O)CC(C)(C)C)c3C)cc1. The van der Waals surface area contributed by atoms with E-state index in [4.69, 9.17) is 0 Å². The average Bonchev–Trinajstić information content (AvgIpc) is 2.95. The Morgan fingerprint density at radius 3 is 2.48 bits per heavy atom. The predicted molar refractivity (Wildman–Crippen MR) is 118 cm³/mol. The smallest absolute Gasteiger partial charge is 0.224 e. The van der Waals surface area contributed by atoms with Gasteiger partial charge in [-0.3, -0.25) is 4.79 Å². The van der Waals surface area contributed by atoms with Gasteiger partial charge < -0.3 is 10.2 Å². The summed E-state index contributed by atoms with van der Waals surface area (Å²) < 4.78 is 0. The number of carbonyl (C=O) groups is 1. The van der Waals surface area contributed by atoms with Crippen LogP contribution in [0.3, 0.4) is 0 Å². The van der Waals surface area contributed by atoms with Crippen molar-refractivity contribution in [3.05, 3.63) is 52.6 Å². The lowest BCUT2D eigenvalue weighted by molar-refractivity contribution is -0.117. The number of amides is 1. The van der Waals surface area contributed by atoms with Gasteiger partial charge in [-0.25, -0.2) is 0 Å². The van der Waals surface area contributed by atoms with Gasteiger partial charge in [-0.15, -0.1) is 0 Å². The lowest BCUT2D eigenvalue weighted by atomic mass is 9.91. The molecule has 2 aromatic carbocycles. The van der Waals surface area contributed by atoms with E-state index >= 15 is 0 Å². The van der Waals surface area contributed by atoms with Crippen LogP contribution in [0.15, 0.2) is 30.3 Å². The zero-order valence-corrected chi connectivity index (χ0v) is 17.6. The van der Waals surface area contributed by atoms with E-state index in [9.17, 15) is 4.79 Å². The van der Waals surface area contributed by atoms with Crippen molar-refractivity contribution in [3.63, 3.8) is 0 Å². The van der Waals surface area contributed by atoms with Gasteiger partial charge in [0.25, 0.3) is 0 Å². The number of rotatable bonds is 4. The van der Waals surface area contributed by atoms with Crippen LogP contribution in [0.2, 0.25) is 0 Å². The molecule has 2 aromatic rings. The number of nitrogens with one attached hydrogen (secondary N) is 1. The fraction of sp³-hybridized carbons (Fsp3) is 0.435. The van der Waals surface area contributed by atoms with Crippen LogP contribution in [0.25, 0.3) is 0 Å². The van der Waals surface area contributed by atoms with E-state index in [1.165, 1.54) is 27.8 Å². The Bertz CT molecular complexity index is 850. The molecule has 142 valence electrons. The maximum Gasteiger partial charge on any atom is 0.224 e. The normalized spacial score (nSPS) is 13.6. The predicted octanol–water partition coefficient (Wildman–Crippen LogP) is 3.50. The summed E-state index contributed by atoms with van der Waals surface area (Å²) in [4.78, 5) is 14.9. The van der Waals surface area contributed by atoms with Crippen molar-refractivity contribution in [2.45, 2.75) is 54.0 Å². The summed E-state index contributed by atoms with van der Waals surface area (Å²) in [6, 6.07) is 11.0. The van der Waals surface area contributed by atoms with E-state index in [0.717, 1.165) is 30.8 Å². The summed E-state index contributed by atoms with van der Waals surface area (Å²) >= 11 is 0. The van der Waals surface area contributed by atoms with Crippen molar-refractivity contribution in [3.8, 4) is 0 Å². The Morgan fingerprint density at radius 2 is 1.85 bits per heavy atom. The van der Waals surface area contributed by atoms with Gasteiger partial charge >= 0.3 is 0 Å². The van der Waals surface area contributed by atoms with Crippen LogP contribution in [0.5, 0.6) is 0 Å². The standard InChI is InChI=1S/C23H31BN2O/c1-15-12-20-19(16(2)22(15)25-21(27)13-23(3,4)5)10-11-26(20)14-17-6-8-18(24)9-7-17/h6-9,12H,10-11,13-14,24H2,1-5H3,(H,25,27). The molecule has 1 N–H and O–H groups in total. The van der Waals surface area contributed by atoms with Crippen LogP contribution in [0.4, 0.5) is 11.4 Å². The van der Waals surface area contributed by atoms with Crippen LogP contribution < -0.4 is 15.7 Å². The molecule has 1 heterocycles. The van der Waals surface area contributed by atoms with E-state index < -0.39 is 0 Å². The van der Waals surface area contributed by atoms with Gasteiger partial charge in [-0.05, 0) is 54.0 Å². The molecule has 0 bridgehead atoms. The first kappa shape index (κ1) is 19.5. The van der Waals surface area contributed by atoms with Gasteiger partial charge in [0.15, 0.2) is 0 Å². The topological polar surface area (TPSA) is 32.3 Å². The average molecular weight is 362 g/mol. The molecule has 0 radical (unpaired) electrons. The Kier molecular flexibility index (Phi) is 5.37. The lowest BCUT2D eigenvalue weighted by Crippen LogP contribution is -2.21. The third-order valence-corrected chi connectivity index (χ3v) is 5.31. The first-order valence-corrected chi connectivity index (χ1v) is 9.87. The van der Waals surface area contributed by atoms with Gasteiger partial charge in [0.05, 0.1) is 0 Å².